The smallest absolute Gasteiger partial charge is 0.130 e. The Morgan fingerprint density at radius 2 is 1.89 bits per heavy atom. The Hall–Kier alpha value is -1.49. The molecule has 0 aliphatic carbocycles. The summed E-state index contributed by atoms with van der Waals surface area (Å²) in [5.74, 6) is 1.28. The number of anilines is 1. The van der Waals surface area contributed by atoms with Crippen molar-refractivity contribution in [3.05, 3.63) is 33.7 Å². The van der Waals surface area contributed by atoms with Crippen LogP contribution in [0.5, 0.6) is 0 Å². The van der Waals surface area contributed by atoms with Crippen LogP contribution >= 0.6 is 11.3 Å². The summed E-state index contributed by atoms with van der Waals surface area (Å²) in [5, 5.41) is 4.53. The predicted molar refractivity (Wildman–Crippen MR) is 79.7 cm³/mol. The number of thiazole rings is 1. The highest BCUT2D eigenvalue weighted by atomic mass is 32.1. The lowest BCUT2D eigenvalue weighted by molar-refractivity contribution is 0.807. The maximum absolute atomic E-state index is 4.47. The van der Waals surface area contributed by atoms with E-state index in [1.165, 1.54) is 4.88 Å². The molecule has 2 rings (SSSR count). The Bertz CT molecular complexity index is 562. The molecule has 0 fully saturated rings. The Morgan fingerprint density at radius 1 is 1.16 bits per heavy atom. The van der Waals surface area contributed by atoms with E-state index in [0.717, 1.165) is 22.2 Å². The number of aromatic nitrogens is 3. The lowest BCUT2D eigenvalue weighted by Gasteiger charge is -2.14. The van der Waals surface area contributed by atoms with Crippen LogP contribution in [0.25, 0.3) is 0 Å². The fraction of sp³-hybridized carbons (Fsp3) is 0.500. The summed E-state index contributed by atoms with van der Waals surface area (Å²) in [6, 6.07) is 2.23. The normalized spacial score (nSPS) is 12.7. The molecule has 0 radical (unpaired) electrons. The molecule has 2 aromatic rings. The molecule has 2 aromatic heterocycles. The zero-order chi connectivity index (χ0) is 14.0. The molecule has 1 atom stereocenters. The van der Waals surface area contributed by atoms with Crippen molar-refractivity contribution < 1.29 is 0 Å². The molecule has 0 saturated carbocycles. The van der Waals surface area contributed by atoms with Gasteiger partial charge < -0.3 is 5.32 Å². The van der Waals surface area contributed by atoms with Crippen molar-refractivity contribution in [2.24, 2.45) is 0 Å². The average molecular weight is 276 g/mol. The fourth-order valence-electron chi connectivity index (χ4n) is 2.00. The van der Waals surface area contributed by atoms with Gasteiger partial charge in [0, 0.05) is 16.6 Å². The second-order valence-electron chi connectivity index (χ2n) is 5.03. The van der Waals surface area contributed by atoms with Gasteiger partial charge in [-0.15, -0.1) is 11.3 Å². The van der Waals surface area contributed by atoms with Crippen molar-refractivity contribution >= 4 is 17.2 Å². The third kappa shape index (κ3) is 3.29. The van der Waals surface area contributed by atoms with E-state index in [0.29, 0.717) is 5.92 Å². The first-order valence-electron chi connectivity index (χ1n) is 6.49. The lowest BCUT2D eigenvalue weighted by atomic mass is 10.1. The summed E-state index contributed by atoms with van der Waals surface area (Å²) in [4.78, 5) is 14.3. The summed E-state index contributed by atoms with van der Waals surface area (Å²) in [5.41, 5.74) is 2.16. The number of rotatable bonds is 4. The molecule has 19 heavy (non-hydrogen) atoms. The van der Waals surface area contributed by atoms with E-state index in [1.807, 2.05) is 13.0 Å². The van der Waals surface area contributed by atoms with Gasteiger partial charge in [0.1, 0.15) is 12.1 Å². The summed E-state index contributed by atoms with van der Waals surface area (Å²) < 4.78 is 0. The number of hydrogen-bond donors (Lipinski definition) is 1. The molecule has 0 aliphatic rings. The van der Waals surface area contributed by atoms with Gasteiger partial charge in [-0.25, -0.2) is 15.0 Å². The van der Waals surface area contributed by atoms with Crippen LogP contribution < -0.4 is 5.32 Å². The van der Waals surface area contributed by atoms with Crippen LogP contribution in [0.3, 0.4) is 0 Å². The molecule has 0 aromatic carbocycles. The Morgan fingerprint density at radius 3 is 2.47 bits per heavy atom. The van der Waals surface area contributed by atoms with Crippen molar-refractivity contribution in [3.63, 3.8) is 0 Å². The topological polar surface area (TPSA) is 50.7 Å². The van der Waals surface area contributed by atoms with Gasteiger partial charge in [-0.05, 0) is 26.7 Å². The van der Waals surface area contributed by atoms with Crippen molar-refractivity contribution in [3.8, 4) is 0 Å². The van der Waals surface area contributed by atoms with Crippen LogP contribution in [0.4, 0.5) is 5.82 Å². The van der Waals surface area contributed by atoms with Gasteiger partial charge in [0.05, 0.1) is 16.7 Å². The number of hydrogen-bond acceptors (Lipinski definition) is 5. The first kappa shape index (κ1) is 13.9. The van der Waals surface area contributed by atoms with Crippen molar-refractivity contribution in [2.45, 2.75) is 46.6 Å². The highest BCUT2D eigenvalue weighted by molar-refractivity contribution is 7.11. The summed E-state index contributed by atoms with van der Waals surface area (Å²) in [6.07, 6.45) is 1.62. The second kappa shape index (κ2) is 5.65. The lowest BCUT2D eigenvalue weighted by Crippen LogP contribution is -2.08. The molecular weight excluding hydrogens is 256 g/mol. The van der Waals surface area contributed by atoms with Crippen molar-refractivity contribution in [1.29, 1.82) is 0 Å². The molecular formula is C14H20N4S. The van der Waals surface area contributed by atoms with E-state index in [4.69, 9.17) is 0 Å². The first-order chi connectivity index (χ1) is 8.97. The maximum atomic E-state index is 4.47. The van der Waals surface area contributed by atoms with E-state index in [9.17, 15) is 0 Å². The van der Waals surface area contributed by atoms with E-state index in [2.05, 4.69) is 48.0 Å². The molecule has 1 unspecified atom stereocenters. The van der Waals surface area contributed by atoms with Crippen molar-refractivity contribution in [1.82, 2.24) is 15.0 Å². The van der Waals surface area contributed by atoms with Gasteiger partial charge in [0.15, 0.2) is 0 Å². The third-order valence-corrected chi connectivity index (χ3v) is 4.23. The van der Waals surface area contributed by atoms with Crippen LogP contribution in [-0.2, 0) is 0 Å². The predicted octanol–water partition coefficient (Wildman–Crippen LogP) is 3.85. The van der Waals surface area contributed by atoms with Crippen LogP contribution in [0.15, 0.2) is 12.4 Å². The van der Waals surface area contributed by atoms with E-state index in [-0.39, 0.29) is 6.04 Å². The standard InChI is InChI=1S/C14H20N4S/c1-8(2)12-6-13(16-7-15-12)18-10(4)14-9(3)17-11(5)19-14/h6-8,10H,1-5H3,(H,15,16,18). The molecule has 1 N–H and O–H groups in total. The average Bonchev–Trinajstić information content (AvgIpc) is 2.69. The minimum absolute atomic E-state index is 0.209. The Labute approximate surface area is 118 Å². The minimum Gasteiger partial charge on any atom is -0.363 e. The summed E-state index contributed by atoms with van der Waals surface area (Å²) >= 11 is 1.74. The second-order valence-corrected chi connectivity index (χ2v) is 6.27. The highest BCUT2D eigenvalue weighted by Crippen LogP contribution is 2.27. The molecule has 0 bridgehead atoms. The molecule has 0 spiro atoms. The summed E-state index contributed by atoms with van der Waals surface area (Å²) in [6.45, 7) is 10.5. The molecule has 102 valence electrons. The zero-order valence-corrected chi connectivity index (χ0v) is 12.9. The van der Waals surface area contributed by atoms with Crippen molar-refractivity contribution in [2.75, 3.05) is 5.32 Å². The largest absolute Gasteiger partial charge is 0.363 e. The van der Waals surface area contributed by atoms with Gasteiger partial charge in [0.25, 0.3) is 0 Å². The molecule has 2 heterocycles. The van der Waals surface area contributed by atoms with Crippen LogP contribution in [-0.4, -0.2) is 15.0 Å². The maximum Gasteiger partial charge on any atom is 0.130 e. The van der Waals surface area contributed by atoms with E-state index >= 15 is 0 Å². The summed E-state index contributed by atoms with van der Waals surface area (Å²) in [7, 11) is 0. The molecule has 5 heteroatoms. The number of aryl methyl sites for hydroxylation is 2. The Kier molecular flexibility index (Phi) is 4.14. The van der Waals surface area contributed by atoms with Gasteiger partial charge in [0.2, 0.25) is 0 Å². The van der Waals surface area contributed by atoms with E-state index in [1.54, 1.807) is 17.7 Å². The minimum atomic E-state index is 0.209. The third-order valence-electron chi connectivity index (χ3n) is 2.98. The number of nitrogens with one attached hydrogen (secondary N) is 1. The molecule has 0 saturated heterocycles. The molecule has 0 aliphatic heterocycles. The van der Waals surface area contributed by atoms with Gasteiger partial charge in [-0.3, -0.25) is 0 Å². The fourth-order valence-corrected chi connectivity index (χ4v) is 2.93. The van der Waals surface area contributed by atoms with Crippen LogP contribution in [0.2, 0.25) is 0 Å². The quantitative estimate of drug-likeness (QED) is 0.921. The van der Waals surface area contributed by atoms with Gasteiger partial charge in [-0.1, -0.05) is 13.8 Å². The molecule has 4 nitrogen and oxygen atoms in total. The first-order valence-corrected chi connectivity index (χ1v) is 7.31. The van der Waals surface area contributed by atoms with Crippen LogP contribution in [0.1, 0.15) is 54.0 Å². The highest BCUT2D eigenvalue weighted by Gasteiger charge is 2.13. The molecule has 0 amide bonds. The van der Waals surface area contributed by atoms with Gasteiger partial charge >= 0.3 is 0 Å². The van der Waals surface area contributed by atoms with Gasteiger partial charge in [-0.2, -0.15) is 0 Å². The number of nitrogens with zero attached hydrogens (tertiary/aromatic N) is 3. The zero-order valence-electron chi connectivity index (χ0n) is 12.1. The monoisotopic (exact) mass is 276 g/mol. The van der Waals surface area contributed by atoms with E-state index < -0.39 is 0 Å². The SMILES string of the molecule is Cc1nc(C)c(C(C)Nc2cc(C(C)C)ncn2)s1. The van der Waals surface area contributed by atoms with Crippen LogP contribution in [0, 0.1) is 13.8 Å². The Balaban J connectivity index is 2.17.